The molecule has 1 atom stereocenters. The van der Waals surface area contributed by atoms with Gasteiger partial charge in [0.1, 0.15) is 23.0 Å². The summed E-state index contributed by atoms with van der Waals surface area (Å²) >= 11 is 0. The number of amides is 2. The van der Waals surface area contributed by atoms with Gasteiger partial charge in [0.05, 0.1) is 17.3 Å². The molecule has 2 aliphatic rings. The lowest BCUT2D eigenvalue weighted by molar-refractivity contribution is -0.124. The normalized spacial score (nSPS) is 15.7. The van der Waals surface area contributed by atoms with Crippen molar-refractivity contribution in [1.82, 2.24) is 15.5 Å². The molecular formula is C25H29N5O5. The van der Waals surface area contributed by atoms with E-state index in [9.17, 15) is 14.7 Å². The van der Waals surface area contributed by atoms with E-state index < -0.39 is 11.8 Å². The van der Waals surface area contributed by atoms with Crippen molar-refractivity contribution >= 4 is 23.3 Å². The van der Waals surface area contributed by atoms with E-state index in [2.05, 4.69) is 16.0 Å². The van der Waals surface area contributed by atoms with Crippen LogP contribution in [0.25, 0.3) is 0 Å². The molecule has 2 aliphatic heterocycles. The summed E-state index contributed by atoms with van der Waals surface area (Å²) in [6.07, 6.45) is 0. The number of aromatic hydroxyl groups is 1. The van der Waals surface area contributed by atoms with Gasteiger partial charge < -0.3 is 30.1 Å². The first-order valence-electron chi connectivity index (χ1n) is 11.1. The highest BCUT2D eigenvalue weighted by atomic mass is 16.7. The number of hydrogen-bond donors (Lipinski definition) is 5. The molecule has 0 saturated heterocycles. The van der Waals surface area contributed by atoms with Crippen LogP contribution in [0.15, 0.2) is 47.8 Å². The van der Waals surface area contributed by atoms with E-state index in [0.29, 0.717) is 11.5 Å². The molecule has 0 unspecified atom stereocenters. The SMILES string of the molecule is CN(C)C(=N)c1cccc(NC2=C(N[C@@H](c3ccc4c(c3)OCO4)C(C)(C)C)C(=O)NC2=O)c1O. The zero-order chi connectivity index (χ0) is 25.5. The number of carbonyl (C=O) groups is 2. The number of carbonyl (C=O) groups excluding carboxylic acids is 2. The van der Waals surface area contributed by atoms with Crippen molar-refractivity contribution in [3.8, 4) is 17.2 Å². The van der Waals surface area contributed by atoms with Gasteiger partial charge in [-0.25, -0.2) is 0 Å². The van der Waals surface area contributed by atoms with Gasteiger partial charge in [-0.3, -0.25) is 20.3 Å². The fraction of sp³-hybridized carbons (Fsp3) is 0.320. The lowest BCUT2D eigenvalue weighted by atomic mass is 9.82. The number of anilines is 1. The number of phenols is 1. The molecule has 10 heteroatoms. The highest BCUT2D eigenvalue weighted by Gasteiger charge is 2.36. The quantitative estimate of drug-likeness (QED) is 0.185. The summed E-state index contributed by atoms with van der Waals surface area (Å²) in [6, 6.07) is 10.0. The third kappa shape index (κ3) is 4.59. The van der Waals surface area contributed by atoms with Crippen LogP contribution in [-0.2, 0) is 9.59 Å². The predicted molar refractivity (Wildman–Crippen MR) is 130 cm³/mol. The van der Waals surface area contributed by atoms with Crippen molar-refractivity contribution in [1.29, 1.82) is 5.41 Å². The molecule has 2 aromatic carbocycles. The zero-order valence-corrected chi connectivity index (χ0v) is 20.3. The summed E-state index contributed by atoms with van der Waals surface area (Å²) in [5.74, 6) is -0.0415. The number of benzene rings is 2. The first-order valence-corrected chi connectivity index (χ1v) is 11.1. The highest BCUT2D eigenvalue weighted by Crippen LogP contribution is 2.40. The Hall–Kier alpha value is -4.21. The van der Waals surface area contributed by atoms with Crippen LogP contribution in [-0.4, -0.2) is 48.5 Å². The number of rotatable bonds is 6. The molecule has 5 N–H and O–H groups in total. The Balaban J connectivity index is 1.71. The Morgan fingerprint density at radius 1 is 1.09 bits per heavy atom. The number of fused-ring (bicyclic) bond motifs is 1. The average Bonchev–Trinajstić information content (AvgIpc) is 3.35. The lowest BCUT2D eigenvalue weighted by Crippen LogP contribution is -2.35. The van der Waals surface area contributed by atoms with Crippen molar-refractivity contribution in [3.63, 3.8) is 0 Å². The van der Waals surface area contributed by atoms with E-state index in [0.717, 1.165) is 5.56 Å². The second kappa shape index (κ2) is 8.86. The predicted octanol–water partition coefficient (Wildman–Crippen LogP) is 2.66. The van der Waals surface area contributed by atoms with E-state index in [1.807, 2.05) is 39.0 Å². The molecule has 184 valence electrons. The molecule has 2 amide bonds. The van der Waals surface area contributed by atoms with Crippen LogP contribution in [0.5, 0.6) is 17.2 Å². The fourth-order valence-electron chi connectivity index (χ4n) is 3.96. The van der Waals surface area contributed by atoms with Crippen molar-refractivity contribution in [2.24, 2.45) is 5.41 Å². The van der Waals surface area contributed by atoms with E-state index in [1.165, 1.54) is 0 Å². The summed E-state index contributed by atoms with van der Waals surface area (Å²) in [7, 11) is 3.39. The van der Waals surface area contributed by atoms with Gasteiger partial charge in [0.25, 0.3) is 11.8 Å². The number of imide groups is 1. The maximum atomic E-state index is 12.8. The molecule has 2 heterocycles. The molecule has 0 bridgehead atoms. The molecule has 0 saturated carbocycles. The molecule has 2 aromatic rings. The Kier molecular flexibility index (Phi) is 6.06. The minimum atomic E-state index is -0.622. The van der Waals surface area contributed by atoms with Crippen LogP contribution in [0.2, 0.25) is 0 Å². The molecule has 10 nitrogen and oxygen atoms in total. The van der Waals surface area contributed by atoms with Crippen LogP contribution in [0.1, 0.15) is 37.9 Å². The Morgan fingerprint density at radius 2 is 1.77 bits per heavy atom. The van der Waals surface area contributed by atoms with Crippen LogP contribution in [0, 0.1) is 10.8 Å². The first kappa shape index (κ1) is 23.9. The molecule has 0 aliphatic carbocycles. The zero-order valence-electron chi connectivity index (χ0n) is 20.3. The van der Waals surface area contributed by atoms with Crippen molar-refractivity contribution in [3.05, 3.63) is 58.9 Å². The lowest BCUT2D eigenvalue weighted by Gasteiger charge is -2.33. The van der Waals surface area contributed by atoms with E-state index in [-0.39, 0.29) is 52.5 Å². The first-order chi connectivity index (χ1) is 16.5. The molecule has 0 spiro atoms. The number of para-hydroxylation sites is 1. The molecular weight excluding hydrogens is 450 g/mol. The maximum Gasteiger partial charge on any atom is 0.276 e. The minimum absolute atomic E-state index is 0.0196. The monoisotopic (exact) mass is 479 g/mol. The summed E-state index contributed by atoms with van der Waals surface area (Å²) in [5.41, 5.74) is 1.01. The summed E-state index contributed by atoms with van der Waals surface area (Å²) in [6.45, 7) is 6.19. The fourth-order valence-corrected chi connectivity index (χ4v) is 3.96. The van der Waals surface area contributed by atoms with Gasteiger partial charge in [-0.2, -0.15) is 0 Å². The number of amidine groups is 1. The van der Waals surface area contributed by atoms with Gasteiger partial charge in [0.15, 0.2) is 11.5 Å². The van der Waals surface area contributed by atoms with E-state index >= 15 is 0 Å². The number of phenolic OH excluding ortho intramolecular Hbond substituents is 1. The van der Waals surface area contributed by atoms with Gasteiger partial charge in [0, 0.05) is 14.1 Å². The Morgan fingerprint density at radius 3 is 2.46 bits per heavy atom. The standard InChI is InChI=1S/C25H29N5O5/c1-25(2,3)21(13-9-10-16-17(11-13)35-12-34-16)28-19-18(23(32)29-24(19)33)27-15-8-6-7-14(20(15)31)22(26)30(4)5/h6-11,21,26,31H,12H2,1-5H3,(H3,27,28,29,32,33)/t21-/m0/s1. The van der Waals surface area contributed by atoms with Crippen LogP contribution >= 0.6 is 0 Å². The smallest absolute Gasteiger partial charge is 0.276 e. The topological polar surface area (TPSA) is 136 Å². The Labute approximate surface area is 203 Å². The van der Waals surface area contributed by atoms with E-state index in [4.69, 9.17) is 14.9 Å². The molecule has 0 aromatic heterocycles. The highest BCUT2D eigenvalue weighted by molar-refractivity contribution is 6.20. The number of nitrogens with one attached hydrogen (secondary N) is 4. The van der Waals surface area contributed by atoms with Gasteiger partial charge in [-0.05, 0) is 35.2 Å². The van der Waals surface area contributed by atoms with Gasteiger partial charge >= 0.3 is 0 Å². The number of hydrogen-bond acceptors (Lipinski definition) is 8. The van der Waals surface area contributed by atoms with Crippen LogP contribution in [0.4, 0.5) is 5.69 Å². The third-order valence-corrected chi connectivity index (χ3v) is 5.81. The van der Waals surface area contributed by atoms with E-state index in [1.54, 1.807) is 37.2 Å². The molecule has 0 fully saturated rings. The molecule has 0 radical (unpaired) electrons. The summed E-state index contributed by atoms with van der Waals surface area (Å²) in [5, 5.41) is 27.4. The van der Waals surface area contributed by atoms with Crippen LogP contribution < -0.4 is 25.4 Å². The number of ether oxygens (including phenoxy) is 2. The van der Waals surface area contributed by atoms with Crippen molar-refractivity contribution in [2.45, 2.75) is 26.8 Å². The minimum Gasteiger partial charge on any atom is -0.505 e. The number of nitrogens with zero attached hydrogens (tertiary/aromatic N) is 1. The van der Waals surface area contributed by atoms with Gasteiger partial charge in [-0.15, -0.1) is 0 Å². The molecule has 35 heavy (non-hydrogen) atoms. The van der Waals surface area contributed by atoms with Crippen LogP contribution in [0.3, 0.4) is 0 Å². The Bertz CT molecular complexity index is 1250. The summed E-state index contributed by atoms with van der Waals surface area (Å²) < 4.78 is 10.9. The maximum absolute atomic E-state index is 12.8. The van der Waals surface area contributed by atoms with Crippen molar-refractivity contribution in [2.75, 3.05) is 26.2 Å². The van der Waals surface area contributed by atoms with Gasteiger partial charge in [-0.1, -0.05) is 32.9 Å². The van der Waals surface area contributed by atoms with Gasteiger partial charge in [0.2, 0.25) is 6.79 Å². The average molecular weight is 480 g/mol. The molecule has 4 rings (SSSR count). The largest absolute Gasteiger partial charge is 0.505 e. The summed E-state index contributed by atoms with van der Waals surface area (Å²) in [4.78, 5) is 27.0. The van der Waals surface area contributed by atoms with Crippen molar-refractivity contribution < 1.29 is 24.2 Å². The second-order valence-electron chi connectivity index (χ2n) is 9.66. The second-order valence-corrected chi connectivity index (χ2v) is 9.66. The third-order valence-electron chi connectivity index (χ3n) is 5.81.